The van der Waals surface area contributed by atoms with E-state index in [2.05, 4.69) is 26.7 Å². The molecule has 4 aliphatic rings. The van der Waals surface area contributed by atoms with Crippen molar-refractivity contribution in [1.82, 2.24) is 14.9 Å². The van der Waals surface area contributed by atoms with Crippen LogP contribution in [0, 0.1) is 0 Å². The fourth-order valence-corrected chi connectivity index (χ4v) is 8.64. The van der Waals surface area contributed by atoms with E-state index in [9.17, 15) is 32.4 Å². The SMILES string of the molecule is O=C1CCC(N2C(=O)c3cccc(NCCOCCOCCOCCOc4cccc(S(=O)(=O)NC(=O)Nc5c6c(cc7c5CCC7)CCC6)c4)c3C2=O)C(=O)N1. The summed E-state index contributed by atoms with van der Waals surface area (Å²) in [5.41, 5.74) is 6.29. The largest absolute Gasteiger partial charge is 0.491 e. The predicted molar refractivity (Wildman–Crippen MR) is 206 cm³/mol. The van der Waals surface area contributed by atoms with Crippen LogP contribution in [0.5, 0.6) is 5.75 Å². The monoisotopic (exact) mass is 803 g/mol. The van der Waals surface area contributed by atoms with Gasteiger partial charge >= 0.3 is 6.03 Å². The van der Waals surface area contributed by atoms with Crippen LogP contribution in [0.25, 0.3) is 0 Å². The van der Waals surface area contributed by atoms with Crippen LogP contribution in [0.2, 0.25) is 0 Å². The maximum atomic E-state index is 13.2. The van der Waals surface area contributed by atoms with Crippen LogP contribution in [-0.2, 0) is 59.5 Å². The Bertz CT molecular complexity index is 2140. The molecule has 0 saturated carbocycles. The highest BCUT2D eigenvalue weighted by molar-refractivity contribution is 7.90. The Hall–Kier alpha value is -5.36. The highest BCUT2D eigenvalue weighted by Crippen LogP contribution is 2.39. The Labute approximate surface area is 330 Å². The van der Waals surface area contributed by atoms with E-state index in [1.807, 2.05) is 0 Å². The summed E-state index contributed by atoms with van der Waals surface area (Å²) in [5.74, 6) is -1.93. The molecule has 302 valence electrons. The lowest BCUT2D eigenvalue weighted by atomic mass is 9.99. The van der Waals surface area contributed by atoms with Gasteiger partial charge in [-0.2, -0.15) is 0 Å². The maximum absolute atomic E-state index is 13.2. The number of carbonyl (C=O) groups is 5. The first-order chi connectivity index (χ1) is 27.6. The first-order valence-electron chi connectivity index (χ1n) is 19.2. The first-order valence-corrected chi connectivity index (χ1v) is 20.6. The van der Waals surface area contributed by atoms with Gasteiger partial charge in [0.1, 0.15) is 18.4 Å². The number of carbonyl (C=O) groups excluding carboxylic acids is 5. The van der Waals surface area contributed by atoms with E-state index in [1.54, 1.807) is 24.3 Å². The summed E-state index contributed by atoms with van der Waals surface area (Å²) >= 11 is 0. The Balaban J connectivity index is 0.753. The van der Waals surface area contributed by atoms with Crippen molar-refractivity contribution in [3.8, 4) is 5.75 Å². The lowest BCUT2D eigenvalue weighted by Gasteiger charge is -2.27. The van der Waals surface area contributed by atoms with Crippen LogP contribution < -0.4 is 25.4 Å². The molecular weight excluding hydrogens is 759 g/mol. The zero-order valence-electron chi connectivity index (χ0n) is 31.4. The van der Waals surface area contributed by atoms with Crippen LogP contribution >= 0.6 is 0 Å². The Kier molecular flexibility index (Phi) is 12.5. The van der Waals surface area contributed by atoms with E-state index < -0.39 is 45.7 Å². The van der Waals surface area contributed by atoms with Crippen molar-refractivity contribution in [2.24, 2.45) is 0 Å². The standard InChI is InChI=1S/C40H45N5O11S/c46-34-14-13-33(37(47)42-34)45-38(48)31-11-4-12-32(35(31)39(45)49)41-15-16-53-17-18-54-19-20-55-21-22-56-27-7-3-8-28(24-27)57(51,52)44-40(50)43-36-29-9-1-5-25(29)23-26-6-2-10-30(26)36/h3-4,7-8,11-12,23-24,33,41H,1-2,5-6,9-10,13-22H2,(H,42,46,47)(H2,43,44,50). The molecule has 0 spiro atoms. The first kappa shape index (κ1) is 39.9. The summed E-state index contributed by atoms with van der Waals surface area (Å²) in [7, 11) is -4.16. The molecule has 0 radical (unpaired) electrons. The number of aryl methyl sites for hydroxylation is 2. The Morgan fingerprint density at radius 2 is 1.44 bits per heavy atom. The summed E-state index contributed by atoms with van der Waals surface area (Å²) in [6.45, 7) is 2.28. The molecule has 1 saturated heterocycles. The number of imide groups is 2. The van der Waals surface area contributed by atoms with Gasteiger partial charge in [-0.25, -0.2) is 17.9 Å². The van der Waals surface area contributed by atoms with Gasteiger partial charge in [0.2, 0.25) is 11.8 Å². The number of anilines is 2. The second-order valence-electron chi connectivity index (χ2n) is 14.1. The molecule has 57 heavy (non-hydrogen) atoms. The summed E-state index contributed by atoms with van der Waals surface area (Å²) < 4.78 is 50.7. The molecule has 3 aromatic carbocycles. The molecule has 17 heteroatoms. The van der Waals surface area contributed by atoms with Gasteiger partial charge in [-0.1, -0.05) is 18.2 Å². The quantitative estimate of drug-likeness (QED) is 0.108. The van der Waals surface area contributed by atoms with Gasteiger partial charge in [-0.15, -0.1) is 0 Å². The van der Waals surface area contributed by atoms with E-state index >= 15 is 0 Å². The van der Waals surface area contributed by atoms with Crippen LogP contribution in [0.3, 0.4) is 0 Å². The van der Waals surface area contributed by atoms with Crippen molar-refractivity contribution in [3.63, 3.8) is 0 Å². The van der Waals surface area contributed by atoms with Gasteiger partial charge < -0.3 is 29.6 Å². The van der Waals surface area contributed by atoms with Crippen molar-refractivity contribution >= 4 is 51.1 Å². The van der Waals surface area contributed by atoms with E-state index in [-0.39, 0.29) is 42.1 Å². The number of benzene rings is 3. The number of rotatable bonds is 18. The fraction of sp³-hybridized carbons (Fsp3) is 0.425. The third-order valence-electron chi connectivity index (χ3n) is 10.3. The van der Waals surface area contributed by atoms with Gasteiger partial charge in [0.15, 0.2) is 0 Å². The predicted octanol–water partition coefficient (Wildman–Crippen LogP) is 3.12. The van der Waals surface area contributed by atoms with E-state index in [1.165, 1.54) is 29.3 Å². The van der Waals surface area contributed by atoms with Crippen molar-refractivity contribution in [2.75, 3.05) is 63.4 Å². The summed E-state index contributed by atoms with van der Waals surface area (Å²) in [6.07, 6.45) is 5.83. The average Bonchev–Trinajstić information content (AvgIpc) is 3.92. The second-order valence-corrected chi connectivity index (χ2v) is 15.7. The molecule has 3 aromatic rings. The van der Waals surface area contributed by atoms with E-state index in [4.69, 9.17) is 18.9 Å². The zero-order chi connectivity index (χ0) is 39.9. The number of urea groups is 1. The number of fused-ring (bicyclic) bond motifs is 3. The third-order valence-corrected chi connectivity index (χ3v) is 11.7. The van der Waals surface area contributed by atoms with Gasteiger partial charge in [-0.05, 0) is 91.5 Å². The highest BCUT2D eigenvalue weighted by Gasteiger charge is 2.45. The van der Waals surface area contributed by atoms with Gasteiger partial charge in [0, 0.05) is 30.4 Å². The molecule has 1 atom stereocenters. The number of ether oxygens (including phenoxy) is 4. The summed E-state index contributed by atoms with van der Waals surface area (Å²) in [5, 5.41) is 8.16. The number of piperidine rings is 1. The number of hydrogen-bond acceptors (Lipinski definition) is 12. The summed E-state index contributed by atoms with van der Waals surface area (Å²) in [6, 6.07) is 11.2. The zero-order valence-corrected chi connectivity index (χ0v) is 32.2. The second kappa shape index (κ2) is 17.8. The Morgan fingerprint density at radius 1 is 0.772 bits per heavy atom. The van der Waals surface area contributed by atoms with E-state index in [0.29, 0.717) is 51.0 Å². The van der Waals surface area contributed by atoms with E-state index in [0.717, 1.165) is 60.2 Å². The molecule has 16 nitrogen and oxygen atoms in total. The third kappa shape index (κ3) is 9.12. The van der Waals surface area contributed by atoms with Gasteiger partial charge in [0.25, 0.3) is 21.8 Å². The minimum absolute atomic E-state index is 0.0479. The smallest absolute Gasteiger partial charge is 0.333 e. The number of nitrogens with one attached hydrogen (secondary N) is 4. The number of sulfonamides is 1. The molecule has 7 rings (SSSR count). The van der Waals surface area contributed by atoms with Gasteiger partial charge in [0.05, 0.1) is 55.7 Å². The highest BCUT2D eigenvalue weighted by atomic mass is 32.2. The molecule has 0 bridgehead atoms. The average molecular weight is 804 g/mol. The molecule has 2 aliphatic heterocycles. The minimum atomic E-state index is -4.16. The minimum Gasteiger partial charge on any atom is -0.491 e. The van der Waals surface area contributed by atoms with Crippen LogP contribution in [-0.4, -0.2) is 102 Å². The molecule has 1 unspecified atom stereocenters. The lowest BCUT2D eigenvalue weighted by Crippen LogP contribution is -2.54. The van der Waals surface area contributed by atoms with Crippen molar-refractivity contribution in [3.05, 3.63) is 81.9 Å². The lowest BCUT2D eigenvalue weighted by molar-refractivity contribution is -0.136. The molecule has 2 heterocycles. The molecule has 6 amide bonds. The van der Waals surface area contributed by atoms with Crippen molar-refractivity contribution < 1.29 is 51.3 Å². The van der Waals surface area contributed by atoms with Crippen molar-refractivity contribution in [1.29, 1.82) is 0 Å². The van der Waals surface area contributed by atoms with Gasteiger partial charge in [-0.3, -0.25) is 29.4 Å². The molecule has 4 N–H and O–H groups in total. The topological polar surface area (TPSA) is 208 Å². The number of hydrogen-bond donors (Lipinski definition) is 4. The van der Waals surface area contributed by atoms with Crippen molar-refractivity contribution in [2.45, 2.75) is 62.3 Å². The molecular formula is C40H45N5O11S. The number of nitrogens with zero attached hydrogens (tertiary/aromatic N) is 1. The number of amides is 6. The van der Waals surface area contributed by atoms with Crippen LogP contribution in [0.15, 0.2) is 53.4 Å². The molecule has 1 fully saturated rings. The Morgan fingerprint density at radius 3 is 2.14 bits per heavy atom. The normalized spacial score (nSPS) is 17.3. The van der Waals surface area contributed by atoms with Crippen LogP contribution in [0.1, 0.15) is 68.7 Å². The molecule has 2 aliphatic carbocycles. The van der Waals surface area contributed by atoms with Crippen LogP contribution in [0.4, 0.5) is 16.2 Å². The summed E-state index contributed by atoms with van der Waals surface area (Å²) in [4.78, 5) is 63.8. The molecule has 0 aromatic heterocycles. The maximum Gasteiger partial charge on any atom is 0.333 e. The fourth-order valence-electron chi connectivity index (χ4n) is 7.70.